The first kappa shape index (κ1) is 19.6. The maximum Gasteiger partial charge on any atom is 0.335 e. The topological polar surface area (TPSA) is 79.0 Å². The molecule has 1 N–H and O–H groups in total. The normalized spacial score (nSPS) is 25.6. The van der Waals surface area contributed by atoms with Gasteiger partial charge in [0.2, 0.25) is 5.91 Å². The van der Waals surface area contributed by atoms with Crippen LogP contribution in [0.3, 0.4) is 0 Å². The highest BCUT2D eigenvalue weighted by Crippen LogP contribution is 2.47. The van der Waals surface area contributed by atoms with E-state index < -0.39 is 23.3 Å². The molecule has 31 heavy (non-hydrogen) atoms. The molecule has 0 aliphatic carbocycles. The monoisotopic (exact) mass is 419 g/mol. The lowest BCUT2D eigenvalue weighted by Crippen LogP contribution is -2.72. The number of para-hydroxylation sites is 1. The van der Waals surface area contributed by atoms with Gasteiger partial charge in [-0.25, -0.2) is 9.69 Å². The summed E-state index contributed by atoms with van der Waals surface area (Å²) in [4.78, 5) is 43.6. The lowest BCUT2D eigenvalue weighted by atomic mass is 9.67. The second-order valence-electron chi connectivity index (χ2n) is 8.43. The van der Waals surface area contributed by atoms with Gasteiger partial charge in [0.15, 0.2) is 5.41 Å². The average molecular weight is 419 g/mol. The minimum absolute atomic E-state index is 0.286. The van der Waals surface area contributed by atoms with Crippen molar-refractivity contribution in [2.45, 2.75) is 38.1 Å². The highest BCUT2D eigenvalue weighted by Gasteiger charge is 2.62. The summed E-state index contributed by atoms with van der Waals surface area (Å²) in [6.45, 7) is 0.792. The smallest absolute Gasteiger partial charge is 0.335 e. The Bertz CT molecular complexity index is 1050. The van der Waals surface area contributed by atoms with Crippen LogP contribution in [-0.2, 0) is 16.0 Å². The Balaban J connectivity index is 1.64. The Morgan fingerprint density at radius 2 is 1.77 bits per heavy atom. The number of nitrogens with one attached hydrogen (secondary N) is 1. The van der Waals surface area contributed by atoms with E-state index in [-0.39, 0.29) is 12.5 Å². The lowest BCUT2D eigenvalue weighted by molar-refractivity contribution is -0.144. The Hall–Kier alpha value is -3.35. The van der Waals surface area contributed by atoms with Gasteiger partial charge < -0.3 is 9.64 Å². The molecule has 2 saturated heterocycles. The molecule has 1 spiro atoms. The van der Waals surface area contributed by atoms with Crippen LogP contribution < -0.4 is 19.9 Å². The number of benzene rings is 2. The minimum atomic E-state index is -1.34. The summed E-state index contributed by atoms with van der Waals surface area (Å²) < 4.78 is 5.20. The summed E-state index contributed by atoms with van der Waals surface area (Å²) in [5, 5.41) is 2.50. The van der Waals surface area contributed by atoms with Crippen molar-refractivity contribution in [3.63, 3.8) is 0 Å². The number of methoxy groups -OCH3 is 1. The van der Waals surface area contributed by atoms with E-state index in [0.717, 1.165) is 48.4 Å². The predicted octanol–water partition coefficient (Wildman–Crippen LogP) is 3.27. The van der Waals surface area contributed by atoms with Gasteiger partial charge in [-0.1, -0.05) is 31.0 Å². The summed E-state index contributed by atoms with van der Waals surface area (Å²) in [7, 11) is 1.56. The zero-order valence-corrected chi connectivity index (χ0v) is 17.5. The number of hydrogen-bond acceptors (Lipinski definition) is 5. The zero-order valence-electron chi connectivity index (χ0n) is 17.5. The van der Waals surface area contributed by atoms with Gasteiger partial charge in [-0.3, -0.25) is 14.9 Å². The van der Waals surface area contributed by atoms with Gasteiger partial charge in [0.05, 0.1) is 18.8 Å². The standard InChI is InChI=1S/C24H25N3O4/c1-31-18-12-10-17(11-13-18)27-22(29)24(21(28)25-23(27)30)15-16-7-4-5-8-19(16)26-14-6-2-3-9-20(24)26/h4-5,7-8,10-13,20H,2-3,6,9,14-15H2,1H3,(H,25,28,30)/t20-,24-/m1/s1. The minimum Gasteiger partial charge on any atom is -0.497 e. The molecular formula is C24H25N3O4. The second kappa shape index (κ2) is 7.41. The molecule has 0 unspecified atom stereocenters. The number of imide groups is 2. The van der Waals surface area contributed by atoms with Crippen molar-refractivity contribution < 1.29 is 19.1 Å². The maximum atomic E-state index is 14.0. The van der Waals surface area contributed by atoms with Crippen LogP contribution in [0.25, 0.3) is 0 Å². The molecular weight excluding hydrogens is 394 g/mol. The Morgan fingerprint density at radius 3 is 2.55 bits per heavy atom. The summed E-state index contributed by atoms with van der Waals surface area (Å²) >= 11 is 0. The molecule has 4 amide bonds. The third-order valence-electron chi connectivity index (χ3n) is 6.84. The number of hydrogen-bond donors (Lipinski definition) is 1. The van der Waals surface area contributed by atoms with Gasteiger partial charge in [-0.05, 0) is 55.2 Å². The van der Waals surface area contributed by atoms with E-state index in [9.17, 15) is 14.4 Å². The Morgan fingerprint density at radius 1 is 1.00 bits per heavy atom. The molecule has 0 bridgehead atoms. The van der Waals surface area contributed by atoms with E-state index in [1.807, 2.05) is 18.2 Å². The number of carbonyl (C=O) groups is 3. The number of nitrogens with zero attached hydrogens (tertiary/aromatic N) is 2. The van der Waals surface area contributed by atoms with Gasteiger partial charge >= 0.3 is 6.03 Å². The van der Waals surface area contributed by atoms with Crippen LogP contribution >= 0.6 is 0 Å². The first-order valence-corrected chi connectivity index (χ1v) is 10.7. The van der Waals surface area contributed by atoms with Gasteiger partial charge in [-0.15, -0.1) is 0 Å². The van der Waals surface area contributed by atoms with Crippen LogP contribution in [0.4, 0.5) is 16.2 Å². The largest absolute Gasteiger partial charge is 0.497 e. The molecule has 2 fully saturated rings. The molecule has 3 aliphatic rings. The van der Waals surface area contributed by atoms with Crippen LogP contribution in [0, 0.1) is 5.41 Å². The number of rotatable bonds is 2. The van der Waals surface area contributed by atoms with Crippen LogP contribution in [0.1, 0.15) is 31.2 Å². The van der Waals surface area contributed by atoms with Crippen molar-refractivity contribution in [2.75, 3.05) is 23.5 Å². The quantitative estimate of drug-likeness (QED) is 0.756. The molecule has 5 rings (SSSR count). The van der Waals surface area contributed by atoms with Crippen molar-refractivity contribution in [1.82, 2.24) is 5.32 Å². The van der Waals surface area contributed by atoms with Gasteiger partial charge in [-0.2, -0.15) is 0 Å². The number of barbiturate groups is 1. The molecule has 2 aromatic rings. The molecule has 160 valence electrons. The number of amides is 4. The molecule has 7 heteroatoms. The van der Waals surface area contributed by atoms with E-state index in [2.05, 4.69) is 16.3 Å². The van der Waals surface area contributed by atoms with E-state index in [1.54, 1.807) is 31.4 Å². The van der Waals surface area contributed by atoms with Crippen molar-refractivity contribution in [2.24, 2.45) is 5.41 Å². The van der Waals surface area contributed by atoms with E-state index in [1.165, 1.54) is 0 Å². The molecule has 0 aromatic heterocycles. The summed E-state index contributed by atoms with van der Waals surface area (Å²) in [5.74, 6) is -0.308. The molecule has 3 heterocycles. The number of anilines is 2. The molecule has 7 nitrogen and oxygen atoms in total. The van der Waals surface area contributed by atoms with Gasteiger partial charge in [0.25, 0.3) is 5.91 Å². The molecule has 2 atom stereocenters. The van der Waals surface area contributed by atoms with E-state index in [4.69, 9.17) is 4.74 Å². The summed E-state index contributed by atoms with van der Waals surface area (Å²) in [6, 6.07) is 13.7. The first-order valence-electron chi connectivity index (χ1n) is 10.7. The predicted molar refractivity (Wildman–Crippen MR) is 116 cm³/mol. The molecule has 2 aromatic carbocycles. The molecule has 0 radical (unpaired) electrons. The third kappa shape index (κ3) is 2.91. The van der Waals surface area contributed by atoms with Crippen molar-refractivity contribution >= 4 is 29.2 Å². The van der Waals surface area contributed by atoms with Crippen molar-refractivity contribution in [3.05, 3.63) is 54.1 Å². The fraction of sp³-hybridized carbons (Fsp3) is 0.375. The highest BCUT2D eigenvalue weighted by atomic mass is 16.5. The second-order valence-corrected chi connectivity index (χ2v) is 8.43. The average Bonchev–Trinajstić information content (AvgIpc) is 3.05. The lowest BCUT2D eigenvalue weighted by Gasteiger charge is -2.51. The number of carbonyl (C=O) groups excluding carboxylic acids is 3. The Kier molecular flexibility index (Phi) is 4.68. The maximum absolute atomic E-state index is 14.0. The fourth-order valence-electron chi connectivity index (χ4n) is 5.34. The van der Waals surface area contributed by atoms with Crippen LogP contribution in [0.2, 0.25) is 0 Å². The van der Waals surface area contributed by atoms with Crippen molar-refractivity contribution in [1.29, 1.82) is 0 Å². The summed E-state index contributed by atoms with van der Waals surface area (Å²) in [5.41, 5.74) is 1.14. The van der Waals surface area contributed by atoms with Crippen LogP contribution in [-0.4, -0.2) is 37.5 Å². The van der Waals surface area contributed by atoms with Crippen LogP contribution in [0.15, 0.2) is 48.5 Å². The van der Waals surface area contributed by atoms with Crippen molar-refractivity contribution in [3.8, 4) is 5.75 Å². The van der Waals surface area contributed by atoms with Gasteiger partial charge in [0.1, 0.15) is 5.75 Å². The summed E-state index contributed by atoms with van der Waals surface area (Å²) in [6.07, 6.45) is 4.04. The van der Waals surface area contributed by atoms with E-state index in [0.29, 0.717) is 11.4 Å². The fourth-order valence-corrected chi connectivity index (χ4v) is 5.34. The van der Waals surface area contributed by atoms with Gasteiger partial charge in [0, 0.05) is 12.2 Å². The SMILES string of the molecule is COc1ccc(N2C(=O)NC(=O)[C@]3(Cc4ccccc4N4CCCCC[C@@H]43)C2=O)cc1. The highest BCUT2D eigenvalue weighted by molar-refractivity contribution is 6.30. The third-order valence-corrected chi connectivity index (χ3v) is 6.84. The number of ether oxygens (including phenoxy) is 1. The Labute approximate surface area is 181 Å². The molecule has 0 saturated carbocycles. The number of fused-ring (bicyclic) bond motifs is 4. The van der Waals surface area contributed by atoms with E-state index >= 15 is 0 Å². The van der Waals surface area contributed by atoms with Crippen LogP contribution in [0.5, 0.6) is 5.75 Å². The zero-order chi connectivity index (χ0) is 21.6. The number of urea groups is 1. The molecule has 3 aliphatic heterocycles. The first-order chi connectivity index (χ1) is 15.1.